The van der Waals surface area contributed by atoms with Crippen molar-refractivity contribution in [1.82, 2.24) is 9.55 Å². The van der Waals surface area contributed by atoms with Gasteiger partial charge in [0.2, 0.25) is 5.91 Å². The minimum atomic E-state index is -0.666. The Labute approximate surface area is 147 Å². The van der Waals surface area contributed by atoms with Crippen molar-refractivity contribution in [3.63, 3.8) is 0 Å². The van der Waals surface area contributed by atoms with E-state index in [4.69, 9.17) is 0 Å². The minimum Gasteiger partial charge on any atom is -0.335 e. The number of aryl methyl sites for hydroxylation is 3. The van der Waals surface area contributed by atoms with Gasteiger partial charge in [-0.3, -0.25) is 4.79 Å². The molecule has 1 atom stereocenters. The molecule has 0 spiro atoms. The minimum absolute atomic E-state index is 0.0512. The van der Waals surface area contributed by atoms with Gasteiger partial charge in [0, 0.05) is 24.6 Å². The van der Waals surface area contributed by atoms with Crippen LogP contribution in [0, 0.1) is 13.8 Å². The molecule has 0 saturated heterocycles. The maximum absolute atomic E-state index is 13.1. The van der Waals surface area contributed by atoms with Crippen LogP contribution >= 0.6 is 0 Å². The quantitative estimate of drug-likeness (QED) is 0.790. The van der Waals surface area contributed by atoms with Crippen LogP contribution < -0.4 is 5.32 Å². The molecule has 3 aromatic rings. The molecule has 4 nitrogen and oxygen atoms in total. The lowest BCUT2D eigenvalue weighted by Gasteiger charge is -2.29. The largest absolute Gasteiger partial charge is 0.335 e. The van der Waals surface area contributed by atoms with E-state index in [0.717, 1.165) is 29.2 Å². The molecule has 4 heteroatoms. The number of aromatic nitrogens is 2. The van der Waals surface area contributed by atoms with Gasteiger partial charge in [0.15, 0.2) is 0 Å². The van der Waals surface area contributed by atoms with Crippen LogP contribution in [0.2, 0.25) is 0 Å². The molecule has 1 N–H and O–H groups in total. The monoisotopic (exact) mass is 331 g/mol. The summed E-state index contributed by atoms with van der Waals surface area (Å²) in [6.07, 6.45) is 4.46. The first kappa shape index (κ1) is 15.6. The van der Waals surface area contributed by atoms with Crippen molar-refractivity contribution in [3.8, 4) is 0 Å². The number of hydrogen-bond acceptors (Lipinski definition) is 2. The number of rotatable bonds is 4. The van der Waals surface area contributed by atoms with Gasteiger partial charge in [-0.15, -0.1) is 0 Å². The molecule has 0 bridgehead atoms. The van der Waals surface area contributed by atoms with Gasteiger partial charge < -0.3 is 9.88 Å². The van der Waals surface area contributed by atoms with Gasteiger partial charge in [0.25, 0.3) is 0 Å². The van der Waals surface area contributed by atoms with E-state index in [9.17, 15) is 4.79 Å². The first-order valence-corrected chi connectivity index (χ1v) is 8.57. The zero-order chi connectivity index (χ0) is 17.4. The first-order valence-electron chi connectivity index (χ1n) is 8.57. The van der Waals surface area contributed by atoms with E-state index in [0.29, 0.717) is 6.42 Å². The summed E-state index contributed by atoms with van der Waals surface area (Å²) in [5, 5.41) is 3.08. The molecule has 0 aliphatic carbocycles. The number of amides is 1. The lowest BCUT2D eigenvalue weighted by Crippen LogP contribution is -2.37. The van der Waals surface area contributed by atoms with Gasteiger partial charge in [-0.1, -0.05) is 48.0 Å². The van der Waals surface area contributed by atoms with Crippen LogP contribution in [0.4, 0.5) is 5.69 Å². The fourth-order valence-electron chi connectivity index (χ4n) is 3.76. The van der Waals surface area contributed by atoms with Crippen LogP contribution in [0.5, 0.6) is 0 Å². The van der Waals surface area contributed by atoms with E-state index < -0.39 is 5.41 Å². The highest BCUT2D eigenvalue weighted by molar-refractivity contribution is 6.08. The fourth-order valence-corrected chi connectivity index (χ4v) is 3.76. The molecule has 0 saturated carbocycles. The van der Waals surface area contributed by atoms with Crippen molar-refractivity contribution in [1.29, 1.82) is 0 Å². The summed E-state index contributed by atoms with van der Waals surface area (Å²) < 4.78 is 2.10. The number of imidazole rings is 1. The normalized spacial score (nSPS) is 18.9. The third kappa shape index (κ3) is 2.45. The van der Waals surface area contributed by atoms with Gasteiger partial charge in [0.1, 0.15) is 11.2 Å². The Hall–Kier alpha value is -2.88. The summed E-state index contributed by atoms with van der Waals surface area (Å²) in [6, 6.07) is 16.3. The molecule has 1 aliphatic rings. The zero-order valence-electron chi connectivity index (χ0n) is 14.5. The van der Waals surface area contributed by atoms with Crippen molar-refractivity contribution in [2.24, 2.45) is 0 Å². The van der Waals surface area contributed by atoms with Crippen LogP contribution in [0.25, 0.3) is 0 Å². The maximum atomic E-state index is 13.1. The van der Waals surface area contributed by atoms with Gasteiger partial charge >= 0.3 is 0 Å². The molecule has 1 amide bonds. The highest BCUT2D eigenvalue weighted by Gasteiger charge is 2.47. The summed E-state index contributed by atoms with van der Waals surface area (Å²) in [5.74, 6) is 1.01. The van der Waals surface area contributed by atoms with Crippen LogP contribution in [0.3, 0.4) is 0 Å². The Morgan fingerprint density at radius 3 is 2.56 bits per heavy atom. The van der Waals surface area contributed by atoms with Gasteiger partial charge in [-0.2, -0.15) is 0 Å². The van der Waals surface area contributed by atoms with Gasteiger partial charge in [-0.25, -0.2) is 4.98 Å². The van der Waals surface area contributed by atoms with Gasteiger partial charge in [-0.05, 0) is 37.5 Å². The molecule has 1 aliphatic heterocycles. The predicted octanol–water partition coefficient (Wildman–Crippen LogP) is 3.83. The van der Waals surface area contributed by atoms with Gasteiger partial charge in [0.05, 0.1) is 0 Å². The van der Waals surface area contributed by atoms with Crippen LogP contribution in [0.1, 0.15) is 28.9 Å². The number of nitrogens with zero attached hydrogens (tertiary/aromatic N) is 2. The Kier molecular flexibility index (Phi) is 3.68. The molecule has 25 heavy (non-hydrogen) atoms. The third-order valence-corrected chi connectivity index (χ3v) is 5.22. The molecule has 0 radical (unpaired) electrons. The molecular weight excluding hydrogens is 310 g/mol. The maximum Gasteiger partial charge on any atom is 0.239 e. The highest BCUT2D eigenvalue weighted by atomic mass is 16.2. The Balaban J connectivity index is 1.82. The number of nitrogens with one attached hydrogen (secondary N) is 1. The summed E-state index contributed by atoms with van der Waals surface area (Å²) in [5.41, 5.74) is 3.53. The Morgan fingerprint density at radius 2 is 1.84 bits per heavy atom. The number of fused-ring (bicyclic) bond motifs is 1. The molecule has 0 fully saturated rings. The predicted molar refractivity (Wildman–Crippen MR) is 98.6 cm³/mol. The number of benzene rings is 2. The van der Waals surface area contributed by atoms with E-state index >= 15 is 0 Å². The molecule has 1 aromatic heterocycles. The van der Waals surface area contributed by atoms with Crippen LogP contribution in [-0.4, -0.2) is 15.5 Å². The summed E-state index contributed by atoms with van der Waals surface area (Å²) >= 11 is 0. The smallest absolute Gasteiger partial charge is 0.239 e. The molecular formula is C21H21N3O. The topological polar surface area (TPSA) is 46.9 Å². The van der Waals surface area contributed by atoms with E-state index in [1.165, 1.54) is 5.56 Å². The number of carbonyl (C=O) groups excluding carboxylic acids is 1. The average Bonchev–Trinajstić information content (AvgIpc) is 3.15. The first-order chi connectivity index (χ1) is 12.1. The lowest BCUT2D eigenvalue weighted by molar-refractivity contribution is -0.119. The number of carbonyl (C=O) groups is 1. The molecule has 4 rings (SSSR count). The fraction of sp³-hybridized carbons (Fsp3) is 0.238. The van der Waals surface area contributed by atoms with Crippen molar-refractivity contribution in [2.45, 2.75) is 32.2 Å². The second kappa shape index (κ2) is 5.88. The van der Waals surface area contributed by atoms with Crippen molar-refractivity contribution < 1.29 is 4.79 Å². The number of para-hydroxylation sites is 1. The van der Waals surface area contributed by atoms with Crippen molar-refractivity contribution >= 4 is 11.6 Å². The highest BCUT2D eigenvalue weighted by Crippen LogP contribution is 2.45. The summed E-state index contributed by atoms with van der Waals surface area (Å²) in [7, 11) is 0. The summed E-state index contributed by atoms with van der Waals surface area (Å²) in [6.45, 7) is 4.79. The molecule has 126 valence electrons. The Morgan fingerprint density at radius 1 is 1.08 bits per heavy atom. The van der Waals surface area contributed by atoms with E-state index in [1.54, 1.807) is 6.20 Å². The average molecular weight is 331 g/mol. The Bertz CT molecular complexity index is 926. The standard InChI is InChI=1S/C21H21N3O/c1-15-7-9-17(10-8-15)21(11-13-24-14-12-22-16(24)2)18-5-3-4-6-19(18)23-20(21)25/h3-10,12,14H,11,13H2,1-2H3,(H,23,25). The number of hydrogen-bond donors (Lipinski definition) is 1. The second-order valence-electron chi connectivity index (χ2n) is 6.69. The van der Waals surface area contributed by atoms with Crippen LogP contribution in [0.15, 0.2) is 60.9 Å². The van der Waals surface area contributed by atoms with E-state index in [1.807, 2.05) is 31.3 Å². The number of anilines is 1. The molecule has 2 heterocycles. The molecule has 2 aromatic carbocycles. The zero-order valence-corrected chi connectivity index (χ0v) is 14.5. The summed E-state index contributed by atoms with van der Waals surface area (Å²) in [4.78, 5) is 17.4. The van der Waals surface area contributed by atoms with Crippen molar-refractivity contribution in [2.75, 3.05) is 5.32 Å². The van der Waals surface area contributed by atoms with E-state index in [2.05, 4.69) is 52.1 Å². The van der Waals surface area contributed by atoms with Crippen LogP contribution in [-0.2, 0) is 16.8 Å². The van der Waals surface area contributed by atoms with Crippen molar-refractivity contribution in [3.05, 3.63) is 83.4 Å². The third-order valence-electron chi connectivity index (χ3n) is 5.22. The second-order valence-corrected chi connectivity index (χ2v) is 6.69. The lowest BCUT2D eigenvalue weighted by atomic mass is 9.72. The van der Waals surface area contributed by atoms with E-state index in [-0.39, 0.29) is 5.91 Å². The molecule has 1 unspecified atom stereocenters. The SMILES string of the molecule is Cc1ccc(C2(CCn3ccnc3C)C(=O)Nc3ccccc32)cc1.